The molecule has 0 radical (unpaired) electrons. The fourth-order valence-electron chi connectivity index (χ4n) is 2.23. The summed E-state index contributed by atoms with van der Waals surface area (Å²) in [5.41, 5.74) is 5.52. The minimum atomic E-state index is -3.83. The maximum absolute atomic E-state index is 12.8. The highest BCUT2D eigenvalue weighted by Crippen LogP contribution is 2.34. The smallest absolute Gasteiger partial charge is 0.337 e. The largest absolute Gasteiger partial charge is 0.478 e. The molecule has 0 unspecified atom stereocenters. The van der Waals surface area contributed by atoms with Gasteiger partial charge in [-0.15, -0.1) is 0 Å². The lowest BCUT2D eigenvalue weighted by atomic mass is 10.2. The van der Waals surface area contributed by atoms with Crippen LogP contribution in [-0.4, -0.2) is 36.4 Å². The molecule has 0 aliphatic heterocycles. The van der Waals surface area contributed by atoms with Crippen LogP contribution in [0.3, 0.4) is 0 Å². The van der Waals surface area contributed by atoms with Crippen LogP contribution in [0.1, 0.15) is 37.0 Å². The summed E-state index contributed by atoms with van der Waals surface area (Å²) in [6, 6.07) is 3.87. The van der Waals surface area contributed by atoms with E-state index in [2.05, 4.69) is 0 Å². The number of aromatic carboxylic acids is 1. The summed E-state index contributed by atoms with van der Waals surface area (Å²) in [6.45, 7) is 4.26. The Balaban J connectivity index is 2.49. The zero-order chi connectivity index (χ0) is 15.8. The first-order valence-electron chi connectivity index (χ1n) is 6.88. The molecule has 6 nitrogen and oxygen atoms in total. The van der Waals surface area contributed by atoms with E-state index in [1.807, 2.05) is 13.8 Å². The van der Waals surface area contributed by atoms with Gasteiger partial charge in [-0.05, 0) is 37.0 Å². The van der Waals surface area contributed by atoms with E-state index in [4.69, 9.17) is 5.73 Å². The van der Waals surface area contributed by atoms with Gasteiger partial charge in [-0.1, -0.05) is 13.8 Å². The molecule has 7 heteroatoms. The average Bonchev–Trinajstić information content (AvgIpc) is 3.19. The van der Waals surface area contributed by atoms with Gasteiger partial charge in [0.1, 0.15) is 0 Å². The molecular formula is C14H20N2O4S. The normalized spacial score (nSPS) is 15.6. The number of carboxylic acid groups (broad SMARTS) is 1. The van der Waals surface area contributed by atoms with Crippen molar-refractivity contribution in [1.82, 2.24) is 4.31 Å². The van der Waals surface area contributed by atoms with E-state index < -0.39 is 16.0 Å². The molecule has 1 aliphatic carbocycles. The molecule has 1 aromatic rings. The van der Waals surface area contributed by atoms with Crippen LogP contribution in [0.15, 0.2) is 23.1 Å². The number of carbonyl (C=O) groups is 1. The highest BCUT2D eigenvalue weighted by Gasteiger charge is 2.39. The Labute approximate surface area is 124 Å². The monoisotopic (exact) mass is 312 g/mol. The third-order valence-electron chi connectivity index (χ3n) is 3.32. The van der Waals surface area contributed by atoms with Gasteiger partial charge in [0.25, 0.3) is 0 Å². The van der Waals surface area contributed by atoms with Gasteiger partial charge in [0, 0.05) is 18.3 Å². The van der Waals surface area contributed by atoms with Crippen molar-refractivity contribution < 1.29 is 18.3 Å². The molecule has 0 saturated heterocycles. The number of benzene rings is 1. The maximum atomic E-state index is 12.8. The van der Waals surface area contributed by atoms with Crippen molar-refractivity contribution in [3.05, 3.63) is 23.8 Å². The zero-order valence-corrected chi connectivity index (χ0v) is 12.9. The number of nitrogen functional groups attached to an aromatic ring is 1. The molecule has 1 saturated carbocycles. The number of carboxylic acids is 1. The van der Waals surface area contributed by atoms with E-state index >= 15 is 0 Å². The second-order valence-electron chi connectivity index (χ2n) is 5.76. The zero-order valence-electron chi connectivity index (χ0n) is 12.1. The van der Waals surface area contributed by atoms with Crippen LogP contribution in [0, 0.1) is 5.92 Å². The Morgan fingerprint density at radius 2 is 2.05 bits per heavy atom. The quantitative estimate of drug-likeness (QED) is 0.780. The second-order valence-corrected chi connectivity index (χ2v) is 7.62. The van der Waals surface area contributed by atoms with Gasteiger partial charge >= 0.3 is 5.97 Å². The number of nitrogens with zero attached hydrogens (tertiary/aromatic N) is 1. The van der Waals surface area contributed by atoms with Crippen molar-refractivity contribution in [2.75, 3.05) is 12.3 Å². The molecule has 0 bridgehead atoms. The first-order valence-corrected chi connectivity index (χ1v) is 8.32. The third-order valence-corrected chi connectivity index (χ3v) is 5.30. The molecule has 1 aromatic carbocycles. The molecule has 0 amide bonds. The summed E-state index contributed by atoms with van der Waals surface area (Å²) in [7, 11) is -3.83. The van der Waals surface area contributed by atoms with Crippen molar-refractivity contribution in [1.29, 1.82) is 0 Å². The van der Waals surface area contributed by atoms with Crippen molar-refractivity contribution >= 4 is 21.7 Å². The fraction of sp³-hybridized carbons (Fsp3) is 0.500. The number of hydrogen-bond acceptors (Lipinski definition) is 4. The van der Waals surface area contributed by atoms with Crippen LogP contribution < -0.4 is 5.73 Å². The Hall–Kier alpha value is -1.60. The predicted molar refractivity (Wildman–Crippen MR) is 79.6 cm³/mol. The lowest BCUT2D eigenvalue weighted by molar-refractivity contribution is 0.0692. The first kappa shape index (κ1) is 15.8. The highest BCUT2D eigenvalue weighted by molar-refractivity contribution is 7.89. The lowest BCUT2D eigenvalue weighted by Crippen LogP contribution is -2.36. The summed E-state index contributed by atoms with van der Waals surface area (Å²) in [5.74, 6) is -1.12. The van der Waals surface area contributed by atoms with E-state index in [9.17, 15) is 18.3 Å². The Bertz CT molecular complexity index is 651. The highest BCUT2D eigenvalue weighted by atomic mass is 32.2. The molecule has 0 heterocycles. The lowest BCUT2D eigenvalue weighted by Gasteiger charge is -2.24. The summed E-state index contributed by atoms with van der Waals surface area (Å²) in [5, 5.41) is 9.23. The Morgan fingerprint density at radius 1 is 1.43 bits per heavy atom. The molecular weight excluding hydrogens is 292 g/mol. The van der Waals surface area contributed by atoms with Gasteiger partial charge in [-0.3, -0.25) is 0 Å². The number of rotatable bonds is 6. The number of anilines is 1. The number of nitrogens with two attached hydrogens (primary N) is 1. The minimum Gasteiger partial charge on any atom is -0.478 e. The molecule has 0 atom stereocenters. The van der Waals surface area contributed by atoms with Gasteiger partial charge in [0.2, 0.25) is 10.0 Å². The van der Waals surface area contributed by atoms with Crippen LogP contribution in [0.4, 0.5) is 5.69 Å². The van der Waals surface area contributed by atoms with E-state index in [-0.39, 0.29) is 28.1 Å². The summed E-state index contributed by atoms with van der Waals surface area (Å²) >= 11 is 0. The van der Waals surface area contributed by atoms with Gasteiger partial charge < -0.3 is 10.8 Å². The topological polar surface area (TPSA) is 101 Å². The van der Waals surface area contributed by atoms with Crippen molar-refractivity contribution in [2.24, 2.45) is 5.92 Å². The molecule has 0 aromatic heterocycles. The second kappa shape index (κ2) is 5.65. The van der Waals surface area contributed by atoms with E-state index in [0.29, 0.717) is 6.54 Å². The van der Waals surface area contributed by atoms with Crippen LogP contribution >= 0.6 is 0 Å². The molecule has 21 heavy (non-hydrogen) atoms. The third kappa shape index (κ3) is 3.36. The van der Waals surface area contributed by atoms with Crippen LogP contribution in [0.25, 0.3) is 0 Å². The minimum absolute atomic E-state index is 0.0170. The van der Waals surface area contributed by atoms with E-state index in [0.717, 1.165) is 12.8 Å². The van der Waals surface area contributed by atoms with Crippen molar-refractivity contribution in [2.45, 2.75) is 37.6 Å². The van der Waals surface area contributed by atoms with Gasteiger partial charge in [0.05, 0.1) is 10.5 Å². The van der Waals surface area contributed by atoms with Crippen molar-refractivity contribution in [3.8, 4) is 0 Å². The number of hydrogen-bond donors (Lipinski definition) is 2. The molecule has 1 aliphatic rings. The average molecular weight is 312 g/mol. The van der Waals surface area contributed by atoms with Gasteiger partial charge in [-0.25, -0.2) is 13.2 Å². The predicted octanol–water partition coefficient (Wildman–Crippen LogP) is 1.78. The first-order chi connectivity index (χ1) is 9.73. The molecule has 3 N–H and O–H groups in total. The molecule has 2 rings (SSSR count). The Kier molecular flexibility index (Phi) is 4.25. The fourth-order valence-corrected chi connectivity index (χ4v) is 4.25. The summed E-state index contributed by atoms with van der Waals surface area (Å²) in [4.78, 5) is 11.1. The van der Waals surface area contributed by atoms with Crippen LogP contribution in [0.5, 0.6) is 0 Å². The SMILES string of the molecule is CC(C)CN(C1CC1)S(=O)(=O)c1ccc(N)cc1C(=O)O. The maximum Gasteiger partial charge on any atom is 0.337 e. The van der Waals surface area contributed by atoms with Crippen LogP contribution in [0.2, 0.25) is 0 Å². The van der Waals surface area contributed by atoms with E-state index in [1.54, 1.807) is 0 Å². The summed E-state index contributed by atoms with van der Waals surface area (Å²) in [6.07, 6.45) is 1.65. The van der Waals surface area contributed by atoms with Crippen molar-refractivity contribution in [3.63, 3.8) is 0 Å². The van der Waals surface area contributed by atoms with Gasteiger partial charge in [0.15, 0.2) is 0 Å². The Morgan fingerprint density at radius 3 is 2.52 bits per heavy atom. The van der Waals surface area contributed by atoms with Gasteiger partial charge in [-0.2, -0.15) is 4.31 Å². The van der Waals surface area contributed by atoms with E-state index in [1.165, 1.54) is 22.5 Å². The standard InChI is InChI=1S/C14H20N2O4S/c1-9(2)8-16(11-4-5-11)21(19,20)13-6-3-10(15)7-12(13)14(17)18/h3,6-7,9,11H,4-5,8,15H2,1-2H3,(H,17,18). The number of sulfonamides is 1. The molecule has 0 spiro atoms. The summed E-state index contributed by atoms with van der Waals surface area (Å²) < 4.78 is 27.0. The molecule has 116 valence electrons. The molecule has 1 fully saturated rings. The van der Waals surface area contributed by atoms with Crippen LogP contribution in [-0.2, 0) is 10.0 Å².